The van der Waals surface area contributed by atoms with Gasteiger partial charge in [0.05, 0.1) is 11.1 Å². The van der Waals surface area contributed by atoms with Crippen molar-refractivity contribution < 1.29 is 4.79 Å². The third-order valence-electron chi connectivity index (χ3n) is 2.91. The summed E-state index contributed by atoms with van der Waals surface area (Å²) in [5, 5.41) is 2.82. The lowest BCUT2D eigenvalue weighted by Gasteiger charge is -2.07. The highest BCUT2D eigenvalue weighted by molar-refractivity contribution is 6.11. The first-order chi connectivity index (χ1) is 9.74. The molecular formula is C15H12N4O. The number of fused-ring (bicyclic) bond motifs is 1. The summed E-state index contributed by atoms with van der Waals surface area (Å²) in [5.74, 6) is -0.221. The smallest absolute Gasteiger partial charge is 0.257 e. The third kappa shape index (κ3) is 2.29. The molecule has 5 heteroatoms. The standard InChI is InChI=1S/C15H12N4O/c16-10-4-6-11(7-5-10)19-15(20)12-2-1-3-13-14(12)18-9-8-17-13/h1-9H,16H2,(H,19,20). The van der Waals surface area contributed by atoms with E-state index in [4.69, 9.17) is 5.73 Å². The van der Waals surface area contributed by atoms with Crippen LogP contribution in [0.2, 0.25) is 0 Å². The van der Waals surface area contributed by atoms with E-state index in [-0.39, 0.29) is 5.91 Å². The van der Waals surface area contributed by atoms with Crippen molar-refractivity contribution in [2.45, 2.75) is 0 Å². The zero-order valence-corrected chi connectivity index (χ0v) is 10.6. The molecule has 5 nitrogen and oxygen atoms in total. The monoisotopic (exact) mass is 264 g/mol. The lowest BCUT2D eigenvalue weighted by molar-refractivity contribution is 0.102. The molecule has 0 radical (unpaired) electrons. The highest BCUT2D eigenvalue weighted by Gasteiger charge is 2.11. The fourth-order valence-corrected chi connectivity index (χ4v) is 1.94. The minimum atomic E-state index is -0.221. The van der Waals surface area contributed by atoms with E-state index < -0.39 is 0 Å². The summed E-state index contributed by atoms with van der Waals surface area (Å²) in [4.78, 5) is 20.7. The summed E-state index contributed by atoms with van der Waals surface area (Å²) < 4.78 is 0. The summed E-state index contributed by atoms with van der Waals surface area (Å²) in [7, 11) is 0. The first-order valence-corrected chi connectivity index (χ1v) is 6.11. The van der Waals surface area contributed by atoms with Gasteiger partial charge in [-0.05, 0) is 36.4 Å². The number of para-hydroxylation sites is 1. The Morgan fingerprint density at radius 3 is 2.55 bits per heavy atom. The molecule has 0 bridgehead atoms. The van der Waals surface area contributed by atoms with Gasteiger partial charge in [-0.25, -0.2) is 0 Å². The van der Waals surface area contributed by atoms with Crippen LogP contribution in [0.5, 0.6) is 0 Å². The Morgan fingerprint density at radius 2 is 1.75 bits per heavy atom. The molecule has 2 aromatic carbocycles. The number of hydrogen-bond donors (Lipinski definition) is 2. The van der Waals surface area contributed by atoms with Crippen LogP contribution in [0.4, 0.5) is 11.4 Å². The second kappa shape index (κ2) is 4.97. The number of benzene rings is 2. The predicted octanol–water partition coefficient (Wildman–Crippen LogP) is 2.46. The minimum Gasteiger partial charge on any atom is -0.399 e. The van der Waals surface area contributed by atoms with Gasteiger partial charge in [0.25, 0.3) is 5.91 Å². The van der Waals surface area contributed by atoms with E-state index in [2.05, 4.69) is 15.3 Å². The fraction of sp³-hybridized carbons (Fsp3) is 0. The van der Waals surface area contributed by atoms with Gasteiger partial charge in [-0.2, -0.15) is 0 Å². The van der Waals surface area contributed by atoms with Crippen molar-refractivity contribution in [3.05, 3.63) is 60.4 Å². The van der Waals surface area contributed by atoms with Crippen LogP contribution in [-0.2, 0) is 0 Å². The molecule has 0 atom stereocenters. The zero-order chi connectivity index (χ0) is 13.9. The van der Waals surface area contributed by atoms with Crippen molar-refractivity contribution in [2.24, 2.45) is 0 Å². The molecule has 0 saturated heterocycles. The van der Waals surface area contributed by atoms with Crippen LogP contribution in [-0.4, -0.2) is 15.9 Å². The molecule has 0 aliphatic rings. The number of anilines is 2. The molecule has 98 valence electrons. The van der Waals surface area contributed by atoms with Crippen molar-refractivity contribution >= 4 is 28.3 Å². The number of hydrogen-bond acceptors (Lipinski definition) is 4. The highest BCUT2D eigenvalue weighted by atomic mass is 16.1. The zero-order valence-electron chi connectivity index (χ0n) is 10.6. The molecule has 3 N–H and O–H groups in total. The van der Waals surface area contributed by atoms with Crippen LogP contribution in [0, 0.1) is 0 Å². The SMILES string of the molecule is Nc1ccc(NC(=O)c2cccc3nccnc23)cc1. The van der Waals surface area contributed by atoms with Crippen molar-refractivity contribution in [3.63, 3.8) is 0 Å². The summed E-state index contributed by atoms with van der Waals surface area (Å²) in [6, 6.07) is 12.3. The van der Waals surface area contributed by atoms with Crippen molar-refractivity contribution in [1.29, 1.82) is 0 Å². The summed E-state index contributed by atoms with van der Waals surface area (Å²) in [5.41, 5.74) is 8.72. The van der Waals surface area contributed by atoms with Gasteiger partial charge >= 0.3 is 0 Å². The van der Waals surface area contributed by atoms with Gasteiger partial charge < -0.3 is 11.1 Å². The van der Waals surface area contributed by atoms with Gasteiger partial charge in [0, 0.05) is 23.8 Å². The van der Waals surface area contributed by atoms with E-state index in [9.17, 15) is 4.79 Å². The lowest BCUT2D eigenvalue weighted by Crippen LogP contribution is -2.12. The summed E-state index contributed by atoms with van der Waals surface area (Å²) in [6.07, 6.45) is 3.17. The molecule has 1 amide bonds. The van der Waals surface area contributed by atoms with E-state index in [0.717, 1.165) is 0 Å². The topological polar surface area (TPSA) is 80.9 Å². The maximum absolute atomic E-state index is 12.3. The number of carbonyl (C=O) groups is 1. The van der Waals surface area contributed by atoms with Gasteiger partial charge in [-0.15, -0.1) is 0 Å². The summed E-state index contributed by atoms with van der Waals surface area (Å²) in [6.45, 7) is 0. The molecule has 1 aromatic heterocycles. The molecular weight excluding hydrogens is 252 g/mol. The number of rotatable bonds is 2. The van der Waals surface area contributed by atoms with E-state index >= 15 is 0 Å². The van der Waals surface area contributed by atoms with Crippen LogP contribution in [0.15, 0.2) is 54.9 Å². The molecule has 0 saturated carbocycles. The second-order valence-electron chi connectivity index (χ2n) is 4.31. The van der Waals surface area contributed by atoms with Gasteiger partial charge in [-0.1, -0.05) is 6.07 Å². The fourth-order valence-electron chi connectivity index (χ4n) is 1.94. The van der Waals surface area contributed by atoms with E-state index in [1.165, 1.54) is 0 Å². The molecule has 0 aliphatic carbocycles. The maximum atomic E-state index is 12.3. The average Bonchev–Trinajstić information content (AvgIpc) is 2.49. The Morgan fingerprint density at radius 1 is 1.00 bits per heavy atom. The van der Waals surface area contributed by atoms with Crippen molar-refractivity contribution in [2.75, 3.05) is 11.1 Å². The molecule has 0 unspecified atom stereocenters. The van der Waals surface area contributed by atoms with E-state index in [1.54, 1.807) is 48.8 Å². The molecule has 3 rings (SSSR count). The van der Waals surface area contributed by atoms with Gasteiger partial charge in [-0.3, -0.25) is 14.8 Å². The predicted molar refractivity (Wildman–Crippen MR) is 78.3 cm³/mol. The van der Waals surface area contributed by atoms with Crippen molar-refractivity contribution in [3.8, 4) is 0 Å². The normalized spacial score (nSPS) is 10.4. The van der Waals surface area contributed by atoms with E-state index in [1.807, 2.05) is 6.07 Å². The Labute approximate surface area is 115 Å². The third-order valence-corrected chi connectivity index (χ3v) is 2.91. The van der Waals surface area contributed by atoms with Gasteiger partial charge in [0.15, 0.2) is 0 Å². The molecule has 3 aromatic rings. The molecule has 20 heavy (non-hydrogen) atoms. The number of nitrogens with two attached hydrogens (primary N) is 1. The Kier molecular flexibility index (Phi) is 3.01. The van der Waals surface area contributed by atoms with Crippen LogP contribution in [0.3, 0.4) is 0 Å². The highest BCUT2D eigenvalue weighted by Crippen LogP contribution is 2.17. The van der Waals surface area contributed by atoms with Crippen LogP contribution >= 0.6 is 0 Å². The van der Waals surface area contributed by atoms with Gasteiger partial charge in [0.1, 0.15) is 5.52 Å². The van der Waals surface area contributed by atoms with Gasteiger partial charge in [0.2, 0.25) is 0 Å². The first-order valence-electron chi connectivity index (χ1n) is 6.11. The van der Waals surface area contributed by atoms with Crippen molar-refractivity contribution in [1.82, 2.24) is 9.97 Å². The maximum Gasteiger partial charge on any atom is 0.257 e. The number of amides is 1. The second-order valence-corrected chi connectivity index (χ2v) is 4.31. The number of nitrogen functional groups attached to an aromatic ring is 1. The first kappa shape index (κ1) is 12.1. The Balaban J connectivity index is 1.94. The average molecular weight is 264 g/mol. The van der Waals surface area contributed by atoms with Crippen LogP contribution in [0.1, 0.15) is 10.4 Å². The lowest BCUT2D eigenvalue weighted by atomic mass is 10.1. The number of carbonyl (C=O) groups excluding carboxylic acids is 1. The number of nitrogens with one attached hydrogen (secondary N) is 1. The van der Waals surface area contributed by atoms with Crippen LogP contribution in [0.25, 0.3) is 11.0 Å². The summed E-state index contributed by atoms with van der Waals surface area (Å²) >= 11 is 0. The molecule has 0 spiro atoms. The Bertz CT molecular complexity index is 763. The minimum absolute atomic E-state index is 0.221. The molecule has 0 aliphatic heterocycles. The van der Waals surface area contributed by atoms with E-state index in [0.29, 0.717) is 28.0 Å². The quantitative estimate of drug-likeness (QED) is 0.697. The van der Waals surface area contributed by atoms with Crippen LogP contribution < -0.4 is 11.1 Å². The number of nitrogens with zero attached hydrogens (tertiary/aromatic N) is 2. The molecule has 1 heterocycles. The molecule has 0 fully saturated rings. The largest absolute Gasteiger partial charge is 0.399 e. The Hall–Kier alpha value is -2.95. The number of aromatic nitrogens is 2.